The van der Waals surface area contributed by atoms with Crippen LogP contribution in [0.3, 0.4) is 0 Å². The first-order valence-electron chi connectivity index (χ1n) is 23.0. The van der Waals surface area contributed by atoms with Crippen LogP contribution in [0.2, 0.25) is 0 Å². The van der Waals surface area contributed by atoms with Crippen LogP contribution in [0, 0.1) is 0 Å². The van der Waals surface area contributed by atoms with Crippen LogP contribution in [0.4, 0.5) is 0 Å². The molecule has 0 saturated carbocycles. The van der Waals surface area contributed by atoms with E-state index in [1.165, 1.54) is 44.1 Å². The van der Waals surface area contributed by atoms with Crippen LogP contribution in [-0.4, -0.2) is 10.3 Å². The predicted octanol–water partition coefficient (Wildman–Crippen LogP) is 14.7. The third-order valence-corrected chi connectivity index (χ3v) is 13.1. The molecule has 0 radical (unpaired) electrons. The summed E-state index contributed by atoms with van der Waals surface area (Å²) in [5, 5.41) is 10.5. The van der Waals surface area contributed by atoms with Crippen molar-refractivity contribution in [3.8, 4) is 5.69 Å². The van der Waals surface area contributed by atoms with Crippen molar-refractivity contribution in [2.75, 3.05) is 0 Å². The third kappa shape index (κ3) is 7.45. The monoisotopic (exact) mass is 858 g/mol. The van der Waals surface area contributed by atoms with E-state index in [9.17, 15) is 0 Å². The van der Waals surface area contributed by atoms with Gasteiger partial charge < -0.3 is 15.2 Å². The number of dihydropyridines is 1. The third-order valence-electron chi connectivity index (χ3n) is 13.1. The number of nitrogens with one attached hydrogen (secondary N) is 2. The highest BCUT2D eigenvalue weighted by Gasteiger charge is 2.33. The molecule has 10 aromatic rings. The molecule has 0 spiro atoms. The van der Waals surface area contributed by atoms with E-state index in [0.717, 1.165) is 61.7 Å². The maximum atomic E-state index is 5.39. The minimum absolute atomic E-state index is 0.136. The van der Waals surface area contributed by atoms with Crippen LogP contribution in [-0.2, 0) is 0 Å². The Morgan fingerprint density at radius 1 is 0.373 bits per heavy atom. The van der Waals surface area contributed by atoms with Gasteiger partial charge in [-0.25, -0.2) is 0 Å². The minimum Gasteiger partial charge on any atom is -0.373 e. The van der Waals surface area contributed by atoms with E-state index in [0.29, 0.717) is 0 Å². The number of nitrogens with zero attached hydrogens (tertiary/aromatic N) is 2. The van der Waals surface area contributed by atoms with Crippen molar-refractivity contribution in [3.05, 3.63) is 299 Å². The summed E-state index contributed by atoms with van der Waals surface area (Å²) >= 11 is 0. The summed E-state index contributed by atoms with van der Waals surface area (Å²) in [6.07, 6.45) is 1.89. The first kappa shape index (κ1) is 39.8. The number of benzene rings is 9. The summed E-state index contributed by atoms with van der Waals surface area (Å²) < 4.78 is 2.36. The lowest BCUT2D eigenvalue weighted by Gasteiger charge is -2.36. The van der Waals surface area contributed by atoms with Gasteiger partial charge in [0.15, 0.2) is 0 Å². The fourth-order valence-corrected chi connectivity index (χ4v) is 10.0. The summed E-state index contributed by atoms with van der Waals surface area (Å²) in [6.45, 7) is 0. The highest BCUT2D eigenvalue weighted by atomic mass is 15.1. The first-order chi connectivity index (χ1) is 33.2. The standard InChI is InChI=1S/C63H46N4/c1-6-21-43(22-7-1)54-42-55(65-63(64-54)48-37-39-51(40-38-48)67-56-35-18-16-33-52(56)53-34-17-19-36-57(53)67)49-31-20-32-50(41-49)58-59(44-23-8-2-9-24-44)61(46-27-12-4-13-28-46)66-62(47-29-14-5-15-30-47)60(58)45-25-10-3-11-26-45/h1-42,61,63,65-66H. The molecule has 1 aromatic heterocycles. The Morgan fingerprint density at radius 3 is 1.51 bits per heavy atom. The van der Waals surface area contributed by atoms with Crippen LogP contribution in [0.1, 0.15) is 56.7 Å². The molecule has 0 bridgehead atoms. The van der Waals surface area contributed by atoms with Crippen LogP contribution < -0.4 is 10.6 Å². The Morgan fingerprint density at radius 2 is 0.881 bits per heavy atom. The van der Waals surface area contributed by atoms with Gasteiger partial charge in [-0.15, -0.1) is 0 Å². The molecule has 0 fully saturated rings. The Kier molecular flexibility index (Phi) is 10.3. The largest absolute Gasteiger partial charge is 0.373 e. The molecule has 9 aromatic carbocycles. The number of hydrogen-bond donors (Lipinski definition) is 2. The smallest absolute Gasteiger partial charge is 0.145 e. The highest BCUT2D eigenvalue weighted by Crippen LogP contribution is 2.50. The second kappa shape index (κ2) is 17.3. The number of fused-ring (bicyclic) bond motifs is 3. The molecule has 0 aliphatic carbocycles. The van der Waals surface area contributed by atoms with Gasteiger partial charge in [-0.2, -0.15) is 0 Å². The molecular weight excluding hydrogens is 813 g/mol. The van der Waals surface area contributed by atoms with Crippen LogP contribution >= 0.6 is 0 Å². The lowest BCUT2D eigenvalue weighted by atomic mass is 9.76. The Balaban J connectivity index is 1.02. The van der Waals surface area contributed by atoms with Gasteiger partial charge in [0.05, 0.1) is 28.5 Å². The molecule has 12 rings (SSSR count). The fraction of sp³-hybridized carbons (Fsp3) is 0.0317. The lowest BCUT2D eigenvalue weighted by Crippen LogP contribution is -2.27. The van der Waals surface area contributed by atoms with E-state index in [1.807, 2.05) is 0 Å². The Bertz CT molecular complexity index is 3480. The molecule has 2 aliphatic heterocycles. The summed E-state index contributed by atoms with van der Waals surface area (Å²) in [5.41, 5.74) is 19.1. The summed E-state index contributed by atoms with van der Waals surface area (Å²) in [6, 6.07) is 89.0. The molecular formula is C63H46N4. The molecule has 4 heteroatoms. The van der Waals surface area contributed by atoms with E-state index < -0.39 is 0 Å². The average Bonchev–Trinajstić information content (AvgIpc) is 3.76. The molecule has 2 atom stereocenters. The zero-order valence-electron chi connectivity index (χ0n) is 36.8. The molecule has 67 heavy (non-hydrogen) atoms. The second-order valence-electron chi connectivity index (χ2n) is 17.2. The molecule has 2 unspecified atom stereocenters. The normalized spacial score (nSPS) is 16.1. The van der Waals surface area contributed by atoms with Gasteiger partial charge in [0.25, 0.3) is 0 Å². The van der Waals surface area contributed by atoms with Gasteiger partial charge in [-0.3, -0.25) is 4.99 Å². The van der Waals surface area contributed by atoms with Gasteiger partial charge in [0.1, 0.15) is 6.17 Å². The van der Waals surface area contributed by atoms with Crippen LogP contribution in [0.15, 0.2) is 260 Å². The molecule has 0 saturated heterocycles. The maximum Gasteiger partial charge on any atom is 0.145 e. The number of aromatic nitrogens is 1. The first-order valence-corrected chi connectivity index (χ1v) is 23.0. The van der Waals surface area contributed by atoms with E-state index in [2.05, 4.69) is 270 Å². The lowest BCUT2D eigenvalue weighted by molar-refractivity contribution is 0.664. The van der Waals surface area contributed by atoms with Gasteiger partial charge >= 0.3 is 0 Å². The van der Waals surface area contributed by atoms with Crippen molar-refractivity contribution in [1.82, 2.24) is 15.2 Å². The zero-order valence-corrected chi connectivity index (χ0v) is 36.8. The van der Waals surface area contributed by atoms with E-state index in [1.54, 1.807) is 0 Å². The number of hydrogen-bond acceptors (Lipinski definition) is 3. The quantitative estimate of drug-likeness (QED) is 0.152. The van der Waals surface area contributed by atoms with Crippen LogP contribution in [0.25, 0.3) is 55.6 Å². The predicted molar refractivity (Wildman–Crippen MR) is 279 cm³/mol. The zero-order chi connectivity index (χ0) is 44.5. The summed E-state index contributed by atoms with van der Waals surface area (Å²) in [4.78, 5) is 5.39. The summed E-state index contributed by atoms with van der Waals surface area (Å²) in [7, 11) is 0. The van der Waals surface area contributed by atoms with Crippen LogP contribution in [0.5, 0.6) is 0 Å². The van der Waals surface area contributed by atoms with Crippen molar-refractivity contribution < 1.29 is 0 Å². The van der Waals surface area contributed by atoms with E-state index >= 15 is 0 Å². The summed E-state index contributed by atoms with van der Waals surface area (Å²) in [5.74, 6) is 0. The minimum atomic E-state index is -0.323. The van der Waals surface area contributed by atoms with Crippen molar-refractivity contribution in [1.29, 1.82) is 0 Å². The van der Waals surface area contributed by atoms with Crippen molar-refractivity contribution in [3.63, 3.8) is 0 Å². The number of allylic oxidation sites excluding steroid dienone is 3. The number of para-hydroxylation sites is 2. The molecule has 4 nitrogen and oxygen atoms in total. The maximum absolute atomic E-state index is 5.39. The molecule has 0 amide bonds. The molecule has 318 valence electrons. The van der Waals surface area contributed by atoms with Crippen molar-refractivity contribution in [2.45, 2.75) is 12.2 Å². The molecule has 3 heterocycles. The second-order valence-corrected chi connectivity index (χ2v) is 17.2. The van der Waals surface area contributed by atoms with Gasteiger partial charge in [0.2, 0.25) is 0 Å². The topological polar surface area (TPSA) is 41.3 Å². The van der Waals surface area contributed by atoms with E-state index in [-0.39, 0.29) is 12.2 Å². The molecule has 2 N–H and O–H groups in total. The Hall–Kier alpha value is -8.73. The SMILES string of the molecule is C1=C(c2cccc(C3=C(c4ccccc4)C(c4ccccc4)NC(c4ccccc4)=C3c3ccccc3)c2)NC(c2ccc(-n3c4ccccc4c4ccccc43)cc2)N=C1c1ccccc1. The Labute approximate surface area is 391 Å². The molecule has 2 aliphatic rings. The van der Waals surface area contributed by atoms with Gasteiger partial charge in [-0.05, 0) is 92.1 Å². The van der Waals surface area contributed by atoms with Gasteiger partial charge in [0, 0.05) is 27.7 Å². The van der Waals surface area contributed by atoms with E-state index in [4.69, 9.17) is 4.99 Å². The van der Waals surface area contributed by atoms with Crippen molar-refractivity contribution in [2.24, 2.45) is 4.99 Å². The average molecular weight is 859 g/mol. The van der Waals surface area contributed by atoms with Crippen molar-refractivity contribution >= 4 is 55.6 Å². The van der Waals surface area contributed by atoms with Gasteiger partial charge in [-0.1, -0.05) is 218 Å². The number of rotatable bonds is 9. The number of aliphatic imine (C=N–C) groups is 1. The highest BCUT2D eigenvalue weighted by molar-refractivity contribution is 6.24. The fourth-order valence-electron chi connectivity index (χ4n) is 10.0.